The van der Waals surface area contributed by atoms with Crippen molar-refractivity contribution >= 4 is 11.6 Å². The predicted octanol–water partition coefficient (Wildman–Crippen LogP) is 3.26. The number of nitrogens with one attached hydrogen (secondary N) is 2. The van der Waals surface area contributed by atoms with Crippen LogP contribution in [0, 0.1) is 11.7 Å². The highest BCUT2D eigenvalue weighted by molar-refractivity contribution is 6.07. The smallest absolute Gasteiger partial charge is 0.235 e. The van der Waals surface area contributed by atoms with Gasteiger partial charge in [0.1, 0.15) is 5.82 Å². The summed E-state index contributed by atoms with van der Waals surface area (Å²) < 4.78 is 14.4. The van der Waals surface area contributed by atoms with Crippen LogP contribution in [-0.4, -0.2) is 12.5 Å². The van der Waals surface area contributed by atoms with Crippen LogP contribution in [0.25, 0.3) is 0 Å². The van der Waals surface area contributed by atoms with E-state index in [1.807, 2.05) is 0 Å². The SMILES string of the molecule is CC1CCC(c2cc(F)c3c(c2)C2(CCC2)C(=O)N3)NC1. The molecule has 4 heteroatoms. The van der Waals surface area contributed by atoms with Crippen molar-refractivity contribution in [1.82, 2.24) is 5.32 Å². The second kappa shape index (κ2) is 4.54. The first-order chi connectivity index (χ1) is 10.1. The summed E-state index contributed by atoms with van der Waals surface area (Å²) in [5.74, 6) is 0.395. The summed E-state index contributed by atoms with van der Waals surface area (Å²) in [6.07, 6.45) is 4.96. The Morgan fingerprint density at radius 1 is 1.29 bits per heavy atom. The molecule has 3 nitrogen and oxygen atoms in total. The van der Waals surface area contributed by atoms with Crippen molar-refractivity contribution in [2.24, 2.45) is 5.92 Å². The van der Waals surface area contributed by atoms with Gasteiger partial charge in [0.25, 0.3) is 0 Å². The fourth-order valence-corrected chi connectivity index (χ4v) is 4.00. The highest BCUT2D eigenvalue weighted by Gasteiger charge is 2.52. The number of benzene rings is 1. The molecule has 0 bridgehead atoms. The molecule has 1 aromatic carbocycles. The van der Waals surface area contributed by atoms with E-state index in [0.29, 0.717) is 11.6 Å². The van der Waals surface area contributed by atoms with E-state index in [1.165, 1.54) is 6.42 Å². The highest BCUT2D eigenvalue weighted by Crippen LogP contribution is 2.52. The summed E-state index contributed by atoms with van der Waals surface area (Å²) in [5.41, 5.74) is 1.89. The Balaban J connectivity index is 1.72. The van der Waals surface area contributed by atoms with E-state index in [0.717, 1.165) is 43.4 Å². The number of halogens is 1. The first kappa shape index (κ1) is 13.3. The fourth-order valence-electron chi connectivity index (χ4n) is 4.00. The van der Waals surface area contributed by atoms with Crippen LogP contribution in [0.2, 0.25) is 0 Å². The number of hydrogen-bond acceptors (Lipinski definition) is 2. The lowest BCUT2D eigenvalue weighted by Gasteiger charge is -2.36. The Bertz CT molecular complexity index is 601. The number of carbonyl (C=O) groups excluding carboxylic acids is 1. The zero-order chi connectivity index (χ0) is 14.6. The Labute approximate surface area is 124 Å². The van der Waals surface area contributed by atoms with Crippen molar-refractivity contribution in [3.05, 3.63) is 29.1 Å². The molecule has 1 saturated carbocycles. The van der Waals surface area contributed by atoms with E-state index in [9.17, 15) is 9.18 Å². The van der Waals surface area contributed by atoms with E-state index >= 15 is 0 Å². The molecule has 2 fully saturated rings. The van der Waals surface area contributed by atoms with E-state index < -0.39 is 5.41 Å². The molecule has 1 amide bonds. The van der Waals surface area contributed by atoms with Crippen LogP contribution < -0.4 is 10.6 Å². The van der Waals surface area contributed by atoms with Gasteiger partial charge >= 0.3 is 0 Å². The maximum absolute atomic E-state index is 14.4. The average Bonchev–Trinajstić information content (AvgIpc) is 2.72. The van der Waals surface area contributed by atoms with Crippen LogP contribution in [0.3, 0.4) is 0 Å². The van der Waals surface area contributed by atoms with Crippen molar-refractivity contribution in [2.45, 2.75) is 50.5 Å². The van der Waals surface area contributed by atoms with E-state index in [2.05, 4.69) is 23.6 Å². The van der Waals surface area contributed by atoms with Gasteiger partial charge < -0.3 is 10.6 Å². The summed E-state index contributed by atoms with van der Waals surface area (Å²) in [7, 11) is 0. The van der Waals surface area contributed by atoms with Gasteiger partial charge in [0.15, 0.2) is 0 Å². The molecule has 1 aliphatic carbocycles. The Morgan fingerprint density at radius 2 is 2.10 bits per heavy atom. The van der Waals surface area contributed by atoms with Gasteiger partial charge in [-0.25, -0.2) is 4.39 Å². The summed E-state index contributed by atoms with van der Waals surface area (Å²) in [6.45, 7) is 3.21. The minimum atomic E-state index is -0.436. The normalized spacial score (nSPS) is 29.9. The Kier molecular flexibility index (Phi) is 2.86. The third-order valence-corrected chi connectivity index (χ3v) is 5.57. The molecule has 4 rings (SSSR count). The van der Waals surface area contributed by atoms with Gasteiger partial charge in [-0.05, 0) is 55.3 Å². The van der Waals surface area contributed by atoms with E-state index in [4.69, 9.17) is 0 Å². The molecule has 112 valence electrons. The molecular formula is C17H21FN2O. The topological polar surface area (TPSA) is 41.1 Å². The van der Waals surface area contributed by atoms with Crippen molar-refractivity contribution in [1.29, 1.82) is 0 Å². The summed E-state index contributed by atoms with van der Waals surface area (Å²) >= 11 is 0. The molecule has 2 unspecified atom stereocenters. The molecule has 1 spiro atoms. The van der Waals surface area contributed by atoms with Gasteiger partial charge in [0, 0.05) is 6.04 Å². The monoisotopic (exact) mass is 288 g/mol. The van der Waals surface area contributed by atoms with Crippen molar-refractivity contribution in [2.75, 3.05) is 11.9 Å². The third-order valence-electron chi connectivity index (χ3n) is 5.57. The molecular weight excluding hydrogens is 267 g/mol. The first-order valence-electron chi connectivity index (χ1n) is 7.99. The maximum atomic E-state index is 14.4. The minimum absolute atomic E-state index is 0.00924. The second-order valence-electron chi connectivity index (χ2n) is 6.96. The Hall–Kier alpha value is -1.42. The quantitative estimate of drug-likeness (QED) is 0.833. The fraction of sp³-hybridized carbons (Fsp3) is 0.588. The van der Waals surface area contributed by atoms with Gasteiger partial charge in [-0.2, -0.15) is 0 Å². The summed E-state index contributed by atoms with van der Waals surface area (Å²) in [6, 6.07) is 3.89. The highest BCUT2D eigenvalue weighted by atomic mass is 19.1. The molecule has 2 heterocycles. The maximum Gasteiger partial charge on any atom is 0.235 e. The number of fused-ring (bicyclic) bond motifs is 2. The lowest BCUT2D eigenvalue weighted by Crippen LogP contribution is -2.41. The second-order valence-corrected chi connectivity index (χ2v) is 6.96. The number of anilines is 1. The molecule has 2 aliphatic heterocycles. The van der Waals surface area contributed by atoms with Gasteiger partial charge in [0.05, 0.1) is 11.1 Å². The van der Waals surface area contributed by atoms with Crippen LogP contribution >= 0.6 is 0 Å². The largest absolute Gasteiger partial charge is 0.323 e. The average molecular weight is 288 g/mol. The van der Waals surface area contributed by atoms with E-state index in [-0.39, 0.29) is 17.8 Å². The summed E-state index contributed by atoms with van der Waals surface area (Å²) in [5, 5.41) is 6.27. The van der Waals surface area contributed by atoms with Crippen LogP contribution in [0.1, 0.15) is 56.2 Å². The number of rotatable bonds is 1. The van der Waals surface area contributed by atoms with Gasteiger partial charge in [-0.3, -0.25) is 4.79 Å². The zero-order valence-corrected chi connectivity index (χ0v) is 12.3. The number of carbonyl (C=O) groups is 1. The molecule has 1 saturated heterocycles. The predicted molar refractivity (Wildman–Crippen MR) is 79.7 cm³/mol. The minimum Gasteiger partial charge on any atom is -0.323 e. The van der Waals surface area contributed by atoms with Crippen molar-refractivity contribution in [3.63, 3.8) is 0 Å². The molecule has 2 N–H and O–H groups in total. The van der Waals surface area contributed by atoms with Crippen molar-refractivity contribution in [3.8, 4) is 0 Å². The van der Waals surface area contributed by atoms with Gasteiger partial charge in [0.2, 0.25) is 5.91 Å². The van der Waals surface area contributed by atoms with Crippen LogP contribution in [0.5, 0.6) is 0 Å². The van der Waals surface area contributed by atoms with Crippen molar-refractivity contribution < 1.29 is 9.18 Å². The van der Waals surface area contributed by atoms with Gasteiger partial charge in [-0.1, -0.05) is 19.4 Å². The molecule has 1 aromatic rings. The number of hydrogen-bond donors (Lipinski definition) is 2. The number of piperidine rings is 1. The Morgan fingerprint density at radius 3 is 2.71 bits per heavy atom. The van der Waals surface area contributed by atoms with Crippen LogP contribution in [-0.2, 0) is 10.2 Å². The van der Waals surface area contributed by atoms with Gasteiger partial charge in [-0.15, -0.1) is 0 Å². The molecule has 3 aliphatic rings. The van der Waals surface area contributed by atoms with Crippen LogP contribution in [0.4, 0.5) is 10.1 Å². The lowest BCUT2D eigenvalue weighted by molar-refractivity contribution is -0.123. The summed E-state index contributed by atoms with van der Waals surface area (Å²) in [4.78, 5) is 12.2. The van der Waals surface area contributed by atoms with Crippen LogP contribution in [0.15, 0.2) is 12.1 Å². The standard InChI is InChI=1S/C17H21FN2O/c1-10-3-4-14(19-9-10)11-7-12-15(13(18)8-11)20-16(21)17(12)5-2-6-17/h7-8,10,14,19H,2-6,9H2,1H3,(H,20,21). The zero-order valence-electron chi connectivity index (χ0n) is 12.3. The first-order valence-corrected chi connectivity index (χ1v) is 7.99. The molecule has 0 radical (unpaired) electrons. The molecule has 21 heavy (non-hydrogen) atoms. The third kappa shape index (κ3) is 1.85. The lowest BCUT2D eigenvalue weighted by atomic mass is 9.65. The molecule has 2 atom stereocenters. The molecule has 0 aromatic heterocycles. The van der Waals surface area contributed by atoms with E-state index in [1.54, 1.807) is 6.07 Å². The number of amides is 1.